The van der Waals surface area contributed by atoms with Crippen LogP contribution in [0.5, 0.6) is 0 Å². The largest absolute Gasteiger partial charge is 0.323 e. The van der Waals surface area contributed by atoms with E-state index < -0.39 is 0 Å². The van der Waals surface area contributed by atoms with Crippen LogP contribution in [0.4, 0.5) is 21.3 Å². The maximum absolute atomic E-state index is 12.3. The van der Waals surface area contributed by atoms with Crippen molar-refractivity contribution in [3.05, 3.63) is 47.0 Å². The Kier molecular flexibility index (Phi) is 4.90. The van der Waals surface area contributed by atoms with Crippen LogP contribution in [0.15, 0.2) is 30.3 Å². The van der Waals surface area contributed by atoms with Crippen LogP contribution in [0, 0.1) is 20.8 Å². The Balaban J connectivity index is 1.79. The summed E-state index contributed by atoms with van der Waals surface area (Å²) in [5.74, 6) is -0.159. The molecular weight excluding hydrogens is 348 g/mol. The quantitative estimate of drug-likeness (QED) is 0.619. The van der Waals surface area contributed by atoms with Crippen molar-refractivity contribution in [3.8, 4) is 0 Å². The summed E-state index contributed by atoms with van der Waals surface area (Å²) in [4.78, 5) is 27.9. The van der Waals surface area contributed by atoms with Crippen molar-refractivity contribution in [2.75, 3.05) is 16.0 Å². The molecule has 7 heteroatoms. The first-order valence-corrected chi connectivity index (χ1v) is 8.97. The zero-order valence-electron chi connectivity index (χ0n) is 15.1. The molecule has 0 aliphatic heterocycles. The molecule has 1 aromatic heterocycles. The summed E-state index contributed by atoms with van der Waals surface area (Å²) in [5, 5.41) is 8.96. The highest BCUT2D eigenvalue weighted by Gasteiger charge is 2.11. The normalized spacial score (nSPS) is 10.6. The van der Waals surface area contributed by atoms with Gasteiger partial charge in [0.25, 0.3) is 0 Å². The molecule has 3 N–H and O–H groups in total. The summed E-state index contributed by atoms with van der Waals surface area (Å²) in [6, 6.07) is 9.28. The lowest BCUT2D eigenvalue weighted by atomic mass is 10.1. The third-order valence-corrected chi connectivity index (χ3v) is 4.77. The van der Waals surface area contributed by atoms with E-state index in [9.17, 15) is 9.59 Å². The van der Waals surface area contributed by atoms with E-state index in [0.717, 1.165) is 32.6 Å². The molecule has 0 spiro atoms. The molecule has 0 fully saturated rings. The van der Waals surface area contributed by atoms with E-state index in [-0.39, 0.29) is 11.9 Å². The fourth-order valence-corrected chi connectivity index (χ4v) is 3.74. The lowest BCUT2D eigenvalue weighted by Crippen LogP contribution is -2.20. The highest BCUT2D eigenvalue weighted by molar-refractivity contribution is 7.22. The van der Waals surface area contributed by atoms with Gasteiger partial charge in [-0.25, -0.2) is 9.78 Å². The van der Waals surface area contributed by atoms with Gasteiger partial charge in [0.2, 0.25) is 5.91 Å². The van der Waals surface area contributed by atoms with Gasteiger partial charge >= 0.3 is 6.03 Å². The third-order valence-electron chi connectivity index (χ3n) is 3.86. The monoisotopic (exact) mass is 368 g/mol. The van der Waals surface area contributed by atoms with Crippen LogP contribution in [0.2, 0.25) is 0 Å². The van der Waals surface area contributed by atoms with Gasteiger partial charge in [-0.05, 0) is 50.1 Å². The van der Waals surface area contributed by atoms with Crippen molar-refractivity contribution >= 4 is 50.0 Å². The molecule has 1 heterocycles. The molecule has 0 saturated heterocycles. The number of rotatable bonds is 3. The molecule has 3 rings (SSSR count). The molecule has 0 unspecified atom stereocenters. The molecule has 0 aliphatic carbocycles. The van der Waals surface area contributed by atoms with Gasteiger partial charge in [-0.2, -0.15) is 0 Å². The summed E-state index contributed by atoms with van der Waals surface area (Å²) >= 11 is 1.37. The average Bonchev–Trinajstić information content (AvgIpc) is 2.92. The molecule has 2 aromatic carbocycles. The Hall–Kier alpha value is -2.93. The number of aryl methyl sites for hydroxylation is 3. The predicted octanol–water partition coefficient (Wildman–Crippen LogP) is 4.82. The standard InChI is InChI=1S/C19H20N4O2S/c1-10-5-6-15(11(2)7-10)22-18(25)21-14-8-12(3)17-16(9-14)26-19(23-17)20-13(4)24/h5-9H,1-4H3,(H,20,23,24)(H2,21,22,25). The summed E-state index contributed by atoms with van der Waals surface area (Å²) < 4.78 is 0.899. The Labute approximate surface area is 155 Å². The number of hydrogen-bond acceptors (Lipinski definition) is 4. The second-order valence-corrected chi connectivity index (χ2v) is 7.27. The maximum Gasteiger partial charge on any atom is 0.323 e. The van der Waals surface area contributed by atoms with Crippen LogP contribution >= 0.6 is 11.3 Å². The van der Waals surface area contributed by atoms with Crippen molar-refractivity contribution in [2.24, 2.45) is 0 Å². The van der Waals surface area contributed by atoms with Gasteiger partial charge in [0.1, 0.15) is 0 Å². The number of anilines is 3. The van der Waals surface area contributed by atoms with E-state index in [1.54, 1.807) is 0 Å². The average molecular weight is 368 g/mol. The Bertz CT molecular complexity index is 1010. The summed E-state index contributed by atoms with van der Waals surface area (Å²) in [6.45, 7) is 7.34. The van der Waals surface area contributed by atoms with E-state index in [1.807, 2.05) is 51.1 Å². The number of aromatic nitrogens is 1. The number of benzene rings is 2. The van der Waals surface area contributed by atoms with Gasteiger partial charge in [0, 0.05) is 18.3 Å². The number of urea groups is 1. The number of fused-ring (bicyclic) bond motifs is 1. The fraction of sp³-hybridized carbons (Fsp3) is 0.211. The molecule has 134 valence electrons. The smallest absolute Gasteiger partial charge is 0.308 e. The molecule has 0 radical (unpaired) electrons. The van der Waals surface area contributed by atoms with Gasteiger partial charge in [0.15, 0.2) is 5.13 Å². The molecule has 0 atom stereocenters. The van der Waals surface area contributed by atoms with Crippen LogP contribution in [0.3, 0.4) is 0 Å². The molecule has 0 aliphatic rings. The number of nitrogens with zero attached hydrogens (tertiary/aromatic N) is 1. The van der Waals surface area contributed by atoms with Crippen LogP contribution in [0.25, 0.3) is 10.2 Å². The maximum atomic E-state index is 12.3. The zero-order chi connectivity index (χ0) is 18.8. The molecule has 3 amide bonds. The van der Waals surface area contributed by atoms with Crippen LogP contribution in [-0.4, -0.2) is 16.9 Å². The van der Waals surface area contributed by atoms with E-state index >= 15 is 0 Å². The van der Waals surface area contributed by atoms with Crippen LogP contribution in [0.1, 0.15) is 23.6 Å². The Morgan fingerprint density at radius 1 is 0.962 bits per heavy atom. The Morgan fingerprint density at radius 3 is 2.42 bits per heavy atom. The van der Waals surface area contributed by atoms with Crippen LogP contribution in [-0.2, 0) is 4.79 Å². The van der Waals surface area contributed by atoms with E-state index in [2.05, 4.69) is 20.9 Å². The zero-order valence-corrected chi connectivity index (χ0v) is 15.9. The number of hydrogen-bond donors (Lipinski definition) is 3. The summed E-state index contributed by atoms with van der Waals surface area (Å²) in [6.07, 6.45) is 0. The SMILES string of the molecule is CC(=O)Nc1nc2c(C)cc(NC(=O)Nc3ccc(C)cc3C)cc2s1. The highest BCUT2D eigenvalue weighted by Crippen LogP contribution is 2.31. The minimum Gasteiger partial charge on any atom is -0.308 e. The van der Waals surface area contributed by atoms with Gasteiger partial charge in [-0.3, -0.25) is 4.79 Å². The number of nitrogens with one attached hydrogen (secondary N) is 3. The minimum absolute atomic E-state index is 0.159. The first-order chi connectivity index (χ1) is 12.3. The number of carbonyl (C=O) groups is 2. The van der Waals surface area contributed by atoms with Gasteiger partial charge < -0.3 is 16.0 Å². The van der Waals surface area contributed by atoms with Crippen LogP contribution < -0.4 is 16.0 Å². The van der Waals surface area contributed by atoms with E-state index in [0.29, 0.717) is 10.8 Å². The first kappa shape index (κ1) is 17.9. The van der Waals surface area contributed by atoms with Gasteiger partial charge in [0.05, 0.1) is 10.2 Å². The van der Waals surface area contributed by atoms with Gasteiger partial charge in [-0.15, -0.1) is 0 Å². The molecule has 0 saturated carbocycles. The van der Waals surface area contributed by atoms with Crippen molar-refractivity contribution in [1.29, 1.82) is 0 Å². The molecular formula is C19H20N4O2S. The van der Waals surface area contributed by atoms with Gasteiger partial charge in [-0.1, -0.05) is 29.0 Å². The third kappa shape index (κ3) is 4.00. The van der Waals surface area contributed by atoms with Crippen molar-refractivity contribution < 1.29 is 9.59 Å². The predicted molar refractivity (Wildman–Crippen MR) is 107 cm³/mol. The number of carbonyl (C=O) groups excluding carboxylic acids is 2. The topological polar surface area (TPSA) is 83.1 Å². The lowest BCUT2D eigenvalue weighted by molar-refractivity contribution is -0.114. The number of thiazole rings is 1. The molecule has 0 bridgehead atoms. The summed E-state index contributed by atoms with van der Waals surface area (Å²) in [7, 11) is 0. The van der Waals surface area contributed by atoms with Crippen molar-refractivity contribution in [3.63, 3.8) is 0 Å². The minimum atomic E-state index is -0.303. The lowest BCUT2D eigenvalue weighted by Gasteiger charge is -2.11. The second-order valence-electron chi connectivity index (χ2n) is 6.24. The van der Waals surface area contributed by atoms with Crippen molar-refractivity contribution in [1.82, 2.24) is 4.98 Å². The van der Waals surface area contributed by atoms with E-state index in [1.165, 1.54) is 18.3 Å². The fourth-order valence-electron chi connectivity index (χ4n) is 2.71. The van der Waals surface area contributed by atoms with Crippen molar-refractivity contribution in [2.45, 2.75) is 27.7 Å². The second kappa shape index (κ2) is 7.13. The molecule has 6 nitrogen and oxygen atoms in total. The molecule has 26 heavy (non-hydrogen) atoms. The highest BCUT2D eigenvalue weighted by atomic mass is 32.1. The Morgan fingerprint density at radius 2 is 1.73 bits per heavy atom. The number of amides is 3. The summed E-state index contributed by atoms with van der Waals surface area (Å²) in [5.41, 5.74) is 5.35. The van der Waals surface area contributed by atoms with E-state index in [4.69, 9.17) is 0 Å². The first-order valence-electron chi connectivity index (χ1n) is 8.16. The molecule has 3 aromatic rings.